The number of carboxylic acids is 1. The number of hydrogen-bond acceptors (Lipinski definition) is 4. The fourth-order valence-corrected chi connectivity index (χ4v) is 1.07. The van der Waals surface area contributed by atoms with Gasteiger partial charge in [0.2, 0.25) is 0 Å². The highest BCUT2D eigenvalue weighted by molar-refractivity contribution is 5.88. The van der Waals surface area contributed by atoms with Gasteiger partial charge in [-0.05, 0) is 6.07 Å². The third kappa shape index (κ3) is 2.18. The first-order valence-electron chi connectivity index (χ1n) is 3.91. The third-order valence-corrected chi connectivity index (χ3v) is 1.75. The number of halogens is 2. The number of aromatic carboxylic acids is 1. The second kappa shape index (κ2) is 4.18. The van der Waals surface area contributed by atoms with Crippen molar-refractivity contribution in [3.63, 3.8) is 0 Å². The largest absolute Gasteiger partial charge is 0.505 e. The van der Waals surface area contributed by atoms with Crippen molar-refractivity contribution in [2.24, 2.45) is 5.73 Å². The molecule has 0 saturated carbocycles. The van der Waals surface area contributed by atoms with Gasteiger partial charge < -0.3 is 15.9 Å². The van der Waals surface area contributed by atoms with Gasteiger partial charge in [-0.1, -0.05) is 0 Å². The van der Waals surface area contributed by atoms with Crippen molar-refractivity contribution in [1.29, 1.82) is 0 Å². The molecule has 1 heterocycles. The average Bonchev–Trinajstić information content (AvgIpc) is 2.16. The number of carbonyl (C=O) groups is 1. The monoisotopic (exact) mass is 218 g/mol. The van der Waals surface area contributed by atoms with E-state index in [2.05, 4.69) is 4.98 Å². The summed E-state index contributed by atoms with van der Waals surface area (Å²) in [4.78, 5) is 13.9. The summed E-state index contributed by atoms with van der Waals surface area (Å²) in [6.45, 7) is -0.319. The molecule has 1 rings (SSSR count). The maximum atomic E-state index is 12.4. The summed E-state index contributed by atoms with van der Waals surface area (Å²) in [5, 5.41) is 17.7. The number of hydrogen-bond donors (Lipinski definition) is 3. The molecule has 0 bridgehead atoms. The molecule has 0 aliphatic carbocycles. The van der Waals surface area contributed by atoms with Gasteiger partial charge in [0.15, 0.2) is 5.69 Å². The quantitative estimate of drug-likeness (QED) is 0.699. The molecule has 1 aromatic heterocycles. The second-order valence-electron chi connectivity index (χ2n) is 2.70. The van der Waals surface area contributed by atoms with E-state index in [1.807, 2.05) is 0 Å². The molecule has 0 fully saturated rings. The van der Waals surface area contributed by atoms with Crippen molar-refractivity contribution in [2.45, 2.75) is 13.0 Å². The van der Waals surface area contributed by atoms with E-state index in [-0.39, 0.29) is 12.2 Å². The van der Waals surface area contributed by atoms with Crippen LogP contribution in [0.5, 0.6) is 5.75 Å². The molecule has 15 heavy (non-hydrogen) atoms. The van der Waals surface area contributed by atoms with E-state index in [4.69, 9.17) is 15.9 Å². The van der Waals surface area contributed by atoms with Crippen LogP contribution in [0.2, 0.25) is 0 Å². The van der Waals surface area contributed by atoms with Gasteiger partial charge in [-0.15, -0.1) is 0 Å². The molecule has 7 heteroatoms. The lowest BCUT2D eigenvalue weighted by atomic mass is 10.1. The van der Waals surface area contributed by atoms with Crippen LogP contribution >= 0.6 is 0 Å². The van der Waals surface area contributed by atoms with Crippen LogP contribution in [0.3, 0.4) is 0 Å². The molecule has 0 atom stereocenters. The number of nitrogens with zero attached hydrogens (tertiary/aromatic N) is 1. The van der Waals surface area contributed by atoms with Crippen LogP contribution in [0.25, 0.3) is 0 Å². The Morgan fingerprint density at radius 1 is 1.60 bits per heavy atom. The molecule has 0 amide bonds. The maximum Gasteiger partial charge on any atom is 0.358 e. The van der Waals surface area contributed by atoms with Crippen molar-refractivity contribution >= 4 is 5.97 Å². The number of carboxylic acid groups (broad SMARTS) is 1. The Morgan fingerprint density at radius 2 is 2.20 bits per heavy atom. The first-order chi connectivity index (χ1) is 6.97. The van der Waals surface area contributed by atoms with Crippen molar-refractivity contribution in [3.05, 3.63) is 23.0 Å². The number of pyridine rings is 1. The number of alkyl halides is 2. The number of rotatable bonds is 3. The molecule has 4 N–H and O–H groups in total. The molecular formula is C8H8F2N2O3. The highest BCUT2D eigenvalue weighted by Crippen LogP contribution is 2.27. The van der Waals surface area contributed by atoms with Crippen molar-refractivity contribution in [3.8, 4) is 5.75 Å². The van der Waals surface area contributed by atoms with E-state index in [0.29, 0.717) is 6.07 Å². The van der Waals surface area contributed by atoms with E-state index in [9.17, 15) is 13.6 Å². The van der Waals surface area contributed by atoms with Gasteiger partial charge >= 0.3 is 5.97 Å². The molecule has 82 valence electrons. The Kier molecular flexibility index (Phi) is 3.15. The van der Waals surface area contributed by atoms with E-state index in [0.717, 1.165) is 0 Å². The van der Waals surface area contributed by atoms with Crippen LogP contribution < -0.4 is 5.73 Å². The lowest BCUT2D eigenvalue weighted by molar-refractivity contribution is 0.0685. The zero-order valence-corrected chi connectivity index (χ0v) is 7.44. The molecule has 0 aliphatic heterocycles. The van der Waals surface area contributed by atoms with Gasteiger partial charge in [0.1, 0.15) is 5.75 Å². The minimum Gasteiger partial charge on any atom is -0.505 e. The van der Waals surface area contributed by atoms with Gasteiger partial charge in [-0.2, -0.15) is 0 Å². The summed E-state index contributed by atoms with van der Waals surface area (Å²) in [6, 6.07) is 0.670. The van der Waals surface area contributed by atoms with Gasteiger partial charge in [-0.3, -0.25) is 0 Å². The topological polar surface area (TPSA) is 96.4 Å². The van der Waals surface area contributed by atoms with Gasteiger partial charge in [0.25, 0.3) is 6.43 Å². The Hall–Kier alpha value is -1.76. The first-order valence-corrected chi connectivity index (χ1v) is 3.91. The molecule has 0 saturated heterocycles. The third-order valence-electron chi connectivity index (χ3n) is 1.75. The Labute approximate surface area is 83.2 Å². The summed E-state index contributed by atoms with van der Waals surface area (Å²) >= 11 is 0. The van der Waals surface area contributed by atoms with Crippen LogP contribution in [0.1, 0.15) is 28.2 Å². The van der Waals surface area contributed by atoms with Crippen molar-refractivity contribution in [2.75, 3.05) is 0 Å². The molecular weight excluding hydrogens is 210 g/mol. The summed E-state index contributed by atoms with van der Waals surface area (Å²) in [5.41, 5.74) is 3.66. The summed E-state index contributed by atoms with van der Waals surface area (Å²) in [5.74, 6) is -2.29. The smallest absolute Gasteiger partial charge is 0.358 e. The van der Waals surface area contributed by atoms with Crippen molar-refractivity contribution in [1.82, 2.24) is 4.98 Å². The predicted octanol–water partition coefficient (Wildman–Crippen LogP) is 0.882. The lowest BCUT2D eigenvalue weighted by Crippen LogP contribution is -2.10. The van der Waals surface area contributed by atoms with Crippen LogP contribution in [0.4, 0.5) is 8.78 Å². The van der Waals surface area contributed by atoms with E-state index >= 15 is 0 Å². The van der Waals surface area contributed by atoms with Crippen LogP contribution in [0, 0.1) is 0 Å². The lowest BCUT2D eigenvalue weighted by Gasteiger charge is -2.08. The van der Waals surface area contributed by atoms with Gasteiger partial charge in [-0.25, -0.2) is 18.6 Å². The van der Waals surface area contributed by atoms with Gasteiger partial charge in [0, 0.05) is 12.1 Å². The normalized spacial score (nSPS) is 10.7. The summed E-state index contributed by atoms with van der Waals surface area (Å²) < 4.78 is 24.7. The van der Waals surface area contributed by atoms with Crippen LogP contribution in [-0.2, 0) is 6.54 Å². The second-order valence-corrected chi connectivity index (χ2v) is 2.70. The van der Waals surface area contributed by atoms with Crippen LogP contribution in [-0.4, -0.2) is 21.2 Å². The first kappa shape index (κ1) is 11.3. The minimum atomic E-state index is -2.86. The Balaban J connectivity index is 3.35. The van der Waals surface area contributed by atoms with Gasteiger partial charge in [0.05, 0.1) is 5.69 Å². The molecule has 0 aromatic carbocycles. The fraction of sp³-hybridized carbons (Fsp3) is 0.250. The predicted molar refractivity (Wildman–Crippen MR) is 45.7 cm³/mol. The van der Waals surface area contributed by atoms with E-state index < -0.39 is 29.4 Å². The zero-order valence-electron chi connectivity index (χ0n) is 7.44. The maximum absolute atomic E-state index is 12.4. The molecule has 0 spiro atoms. The van der Waals surface area contributed by atoms with E-state index in [1.54, 1.807) is 0 Å². The molecule has 1 aromatic rings. The highest BCUT2D eigenvalue weighted by atomic mass is 19.3. The zero-order chi connectivity index (χ0) is 11.6. The van der Waals surface area contributed by atoms with Crippen LogP contribution in [0.15, 0.2) is 6.07 Å². The summed E-state index contributed by atoms with van der Waals surface area (Å²) in [7, 11) is 0. The molecule has 5 nitrogen and oxygen atoms in total. The number of nitrogens with two attached hydrogens (primary N) is 1. The molecule has 0 radical (unpaired) electrons. The SMILES string of the molecule is NCc1nc(C(=O)O)c(O)cc1C(F)F. The Bertz CT molecular complexity index is 396. The van der Waals surface area contributed by atoms with E-state index in [1.165, 1.54) is 0 Å². The standard InChI is InChI=1S/C8H8F2N2O3/c9-7(10)3-1-5(13)6(8(14)15)12-4(3)2-11/h1,7,13H,2,11H2,(H,14,15). The highest BCUT2D eigenvalue weighted by Gasteiger charge is 2.20. The molecule has 0 aliphatic rings. The number of aromatic nitrogens is 1. The number of aromatic hydroxyl groups is 1. The Morgan fingerprint density at radius 3 is 2.60 bits per heavy atom. The van der Waals surface area contributed by atoms with Crippen molar-refractivity contribution < 1.29 is 23.8 Å². The average molecular weight is 218 g/mol. The minimum absolute atomic E-state index is 0.236. The fourth-order valence-electron chi connectivity index (χ4n) is 1.07. The molecule has 0 unspecified atom stereocenters. The summed E-state index contributed by atoms with van der Waals surface area (Å²) in [6.07, 6.45) is -2.86.